The molecule has 1 unspecified atom stereocenters. The van der Waals surface area contributed by atoms with Crippen molar-refractivity contribution in [2.24, 2.45) is 7.05 Å². The molecule has 0 amide bonds. The van der Waals surface area contributed by atoms with Crippen LogP contribution in [0.15, 0.2) is 0 Å². The van der Waals surface area contributed by atoms with Crippen LogP contribution in [0.1, 0.15) is 11.9 Å². The summed E-state index contributed by atoms with van der Waals surface area (Å²) in [5.74, 6) is 1.14. The summed E-state index contributed by atoms with van der Waals surface area (Å²) in [6, 6.07) is 0.0808. The summed E-state index contributed by atoms with van der Waals surface area (Å²) >= 11 is 0. The molecule has 0 radical (unpaired) electrons. The molecule has 13 heavy (non-hydrogen) atoms. The second-order valence-electron chi connectivity index (χ2n) is 3.03. The predicted octanol–water partition coefficient (Wildman–Crippen LogP) is -0.942. The van der Waals surface area contributed by atoms with Gasteiger partial charge in [0, 0.05) is 13.6 Å². The molecule has 6 nitrogen and oxygen atoms in total. The van der Waals surface area contributed by atoms with Gasteiger partial charge in [0.25, 0.3) is 0 Å². The molecule has 0 spiro atoms. The SMILES string of the molecule is Cn1nc(C2COCCN2)nc1N. The minimum Gasteiger partial charge on any atom is -0.378 e. The molecule has 0 bridgehead atoms. The van der Waals surface area contributed by atoms with Crippen molar-refractivity contribution in [2.45, 2.75) is 6.04 Å². The molecule has 72 valence electrons. The highest BCUT2D eigenvalue weighted by Gasteiger charge is 2.19. The van der Waals surface area contributed by atoms with Crippen molar-refractivity contribution in [3.05, 3.63) is 5.82 Å². The minimum atomic E-state index is 0.0808. The average Bonchev–Trinajstić information content (AvgIpc) is 2.49. The second-order valence-corrected chi connectivity index (χ2v) is 3.03. The summed E-state index contributed by atoms with van der Waals surface area (Å²) < 4.78 is 6.85. The number of hydrogen-bond acceptors (Lipinski definition) is 5. The van der Waals surface area contributed by atoms with Gasteiger partial charge >= 0.3 is 0 Å². The van der Waals surface area contributed by atoms with Crippen molar-refractivity contribution in [3.63, 3.8) is 0 Å². The van der Waals surface area contributed by atoms with Crippen LogP contribution in [0.2, 0.25) is 0 Å². The molecule has 1 atom stereocenters. The van der Waals surface area contributed by atoms with Gasteiger partial charge in [0.2, 0.25) is 5.95 Å². The lowest BCUT2D eigenvalue weighted by atomic mass is 10.3. The Balaban J connectivity index is 2.14. The molecule has 1 fully saturated rings. The molecule has 0 aliphatic carbocycles. The highest BCUT2D eigenvalue weighted by atomic mass is 16.5. The van der Waals surface area contributed by atoms with Crippen LogP contribution in [0.25, 0.3) is 0 Å². The molecule has 3 N–H and O–H groups in total. The monoisotopic (exact) mass is 183 g/mol. The third-order valence-corrected chi connectivity index (χ3v) is 2.05. The van der Waals surface area contributed by atoms with E-state index in [1.807, 2.05) is 0 Å². The summed E-state index contributed by atoms with van der Waals surface area (Å²) in [6.07, 6.45) is 0. The summed E-state index contributed by atoms with van der Waals surface area (Å²) in [5, 5.41) is 7.43. The third kappa shape index (κ3) is 1.63. The zero-order valence-electron chi connectivity index (χ0n) is 7.53. The van der Waals surface area contributed by atoms with Gasteiger partial charge < -0.3 is 15.8 Å². The van der Waals surface area contributed by atoms with E-state index in [2.05, 4.69) is 15.4 Å². The van der Waals surface area contributed by atoms with Crippen LogP contribution in [0.3, 0.4) is 0 Å². The molecule has 0 aromatic carbocycles. The number of aromatic nitrogens is 3. The number of rotatable bonds is 1. The van der Waals surface area contributed by atoms with E-state index in [-0.39, 0.29) is 6.04 Å². The number of nitrogens with zero attached hydrogens (tertiary/aromatic N) is 3. The van der Waals surface area contributed by atoms with Gasteiger partial charge in [0.1, 0.15) is 0 Å². The summed E-state index contributed by atoms with van der Waals surface area (Å²) in [4.78, 5) is 4.12. The van der Waals surface area contributed by atoms with E-state index in [0.29, 0.717) is 18.4 Å². The fraction of sp³-hybridized carbons (Fsp3) is 0.714. The lowest BCUT2D eigenvalue weighted by molar-refractivity contribution is 0.0742. The Kier molecular flexibility index (Phi) is 2.15. The largest absolute Gasteiger partial charge is 0.378 e. The number of hydrogen-bond donors (Lipinski definition) is 2. The number of anilines is 1. The predicted molar refractivity (Wildman–Crippen MR) is 47.0 cm³/mol. The highest BCUT2D eigenvalue weighted by Crippen LogP contribution is 2.12. The lowest BCUT2D eigenvalue weighted by Crippen LogP contribution is -2.35. The molecule has 1 saturated heterocycles. The Morgan fingerprint density at radius 1 is 1.69 bits per heavy atom. The lowest BCUT2D eigenvalue weighted by Gasteiger charge is -2.20. The quantitative estimate of drug-likeness (QED) is 0.587. The molecule has 1 aliphatic rings. The summed E-state index contributed by atoms with van der Waals surface area (Å²) in [5.41, 5.74) is 5.57. The Labute approximate surface area is 76.1 Å². The van der Waals surface area contributed by atoms with E-state index in [1.54, 1.807) is 11.7 Å². The molecule has 0 saturated carbocycles. The fourth-order valence-electron chi connectivity index (χ4n) is 1.30. The smallest absolute Gasteiger partial charge is 0.218 e. The standard InChI is InChI=1S/C7H13N5O/c1-12-7(8)10-6(11-12)5-4-13-3-2-9-5/h5,9H,2-4H2,1H3,(H2,8,10,11). The van der Waals surface area contributed by atoms with E-state index < -0.39 is 0 Å². The maximum absolute atomic E-state index is 5.57. The van der Waals surface area contributed by atoms with Crippen LogP contribution >= 0.6 is 0 Å². The van der Waals surface area contributed by atoms with Crippen LogP contribution < -0.4 is 11.1 Å². The van der Waals surface area contributed by atoms with Crippen LogP contribution in [0, 0.1) is 0 Å². The first kappa shape index (κ1) is 8.46. The number of nitrogens with one attached hydrogen (secondary N) is 1. The maximum atomic E-state index is 5.57. The topological polar surface area (TPSA) is 78.0 Å². The zero-order valence-corrected chi connectivity index (χ0v) is 7.53. The second kappa shape index (κ2) is 3.31. The summed E-state index contributed by atoms with van der Waals surface area (Å²) in [6.45, 7) is 2.20. The first-order chi connectivity index (χ1) is 6.27. The van der Waals surface area contributed by atoms with Crippen molar-refractivity contribution >= 4 is 5.95 Å². The van der Waals surface area contributed by atoms with E-state index >= 15 is 0 Å². The Morgan fingerprint density at radius 3 is 3.08 bits per heavy atom. The minimum absolute atomic E-state index is 0.0808. The fourth-order valence-corrected chi connectivity index (χ4v) is 1.30. The van der Waals surface area contributed by atoms with Crippen LogP contribution in [0.5, 0.6) is 0 Å². The van der Waals surface area contributed by atoms with E-state index in [9.17, 15) is 0 Å². The van der Waals surface area contributed by atoms with Crippen molar-refractivity contribution in [1.82, 2.24) is 20.1 Å². The van der Waals surface area contributed by atoms with E-state index in [4.69, 9.17) is 10.5 Å². The third-order valence-electron chi connectivity index (χ3n) is 2.05. The molecular weight excluding hydrogens is 170 g/mol. The average molecular weight is 183 g/mol. The first-order valence-electron chi connectivity index (χ1n) is 4.25. The zero-order chi connectivity index (χ0) is 9.26. The molecular formula is C7H13N5O. The van der Waals surface area contributed by atoms with Crippen LogP contribution in [-0.2, 0) is 11.8 Å². The number of nitrogen functional groups attached to an aromatic ring is 1. The van der Waals surface area contributed by atoms with Gasteiger partial charge in [-0.25, -0.2) is 4.68 Å². The molecule has 2 heterocycles. The van der Waals surface area contributed by atoms with Crippen LogP contribution in [-0.4, -0.2) is 34.5 Å². The van der Waals surface area contributed by atoms with Gasteiger partial charge in [-0.15, -0.1) is 0 Å². The molecule has 2 rings (SSSR count). The van der Waals surface area contributed by atoms with Gasteiger partial charge in [-0.2, -0.15) is 10.1 Å². The van der Waals surface area contributed by atoms with Crippen molar-refractivity contribution in [3.8, 4) is 0 Å². The van der Waals surface area contributed by atoms with Gasteiger partial charge in [-0.1, -0.05) is 0 Å². The van der Waals surface area contributed by atoms with E-state index in [1.165, 1.54) is 0 Å². The van der Waals surface area contributed by atoms with Crippen LogP contribution in [0.4, 0.5) is 5.95 Å². The molecule has 1 aromatic rings. The number of aryl methyl sites for hydroxylation is 1. The summed E-state index contributed by atoms with van der Waals surface area (Å²) in [7, 11) is 1.77. The highest BCUT2D eigenvalue weighted by molar-refractivity contribution is 5.16. The number of ether oxygens (including phenoxy) is 1. The van der Waals surface area contributed by atoms with Gasteiger partial charge in [-0.05, 0) is 0 Å². The van der Waals surface area contributed by atoms with E-state index in [0.717, 1.165) is 13.2 Å². The van der Waals surface area contributed by atoms with Gasteiger partial charge in [0.15, 0.2) is 5.82 Å². The first-order valence-corrected chi connectivity index (χ1v) is 4.25. The van der Waals surface area contributed by atoms with Gasteiger partial charge in [-0.3, -0.25) is 0 Å². The van der Waals surface area contributed by atoms with Crippen molar-refractivity contribution in [2.75, 3.05) is 25.5 Å². The Bertz CT molecular complexity index is 272. The maximum Gasteiger partial charge on any atom is 0.218 e. The number of morpholine rings is 1. The normalized spacial score (nSPS) is 23.3. The molecule has 6 heteroatoms. The number of nitrogens with two attached hydrogens (primary N) is 1. The van der Waals surface area contributed by atoms with Gasteiger partial charge in [0.05, 0.1) is 19.3 Å². The molecule has 1 aromatic heterocycles. The van der Waals surface area contributed by atoms with Crippen molar-refractivity contribution < 1.29 is 4.74 Å². The Morgan fingerprint density at radius 2 is 2.54 bits per heavy atom. The Hall–Kier alpha value is -1.14. The molecule has 1 aliphatic heterocycles. The van der Waals surface area contributed by atoms with Crippen molar-refractivity contribution in [1.29, 1.82) is 0 Å².